The van der Waals surface area contributed by atoms with Gasteiger partial charge in [0.2, 0.25) is 0 Å². The number of H-pyrrole nitrogens is 1. The van der Waals surface area contributed by atoms with Crippen LogP contribution in [-0.2, 0) is 6.42 Å². The van der Waals surface area contributed by atoms with Gasteiger partial charge in [0.05, 0.1) is 0 Å². The maximum Gasteiger partial charge on any atom is 0.286 e. The van der Waals surface area contributed by atoms with Crippen LogP contribution >= 0.6 is 11.6 Å². The number of halogens is 1. The van der Waals surface area contributed by atoms with Crippen LogP contribution in [0.3, 0.4) is 0 Å². The molecule has 0 saturated carbocycles. The molecule has 0 aliphatic heterocycles. The van der Waals surface area contributed by atoms with E-state index in [0.29, 0.717) is 28.6 Å². The van der Waals surface area contributed by atoms with Crippen LogP contribution in [0, 0.1) is 0 Å². The van der Waals surface area contributed by atoms with Crippen molar-refractivity contribution in [2.24, 2.45) is 0 Å². The third-order valence-electron chi connectivity index (χ3n) is 3.28. The molecule has 0 aliphatic carbocycles. The number of aromatic amines is 1. The SMILES string of the molecule is Nc1ccccc1Cc1nc(-c2ccc(Cl)cc2)n[nH]c1=O. The van der Waals surface area contributed by atoms with E-state index in [-0.39, 0.29) is 5.56 Å². The molecular formula is C16H13ClN4O. The van der Waals surface area contributed by atoms with Crippen molar-refractivity contribution in [3.8, 4) is 11.4 Å². The van der Waals surface area contributed by atoms with Crippen LogP contribution in [0.25, 0.3) is 11.4 Å². The molecule has 3 rings (SSSR count). The first-order valence-electron chi connectivity index (χ1n) is 6.68. The molecule has 0 radical (unpaired) electrons. The lowest BCUT2D eigenvalue weighted by molar-refractivity contribution is 0.884. The molecule has 1 aromatic heterocycles. The number of aromatic nitrogens is 3. The molecule has 0 amide bonds. The minimum absolute atomic E-state index is 0.319. The zero-order valence-corrected chi connectivity index (χ0v) is 12.3. The summed E-state index contributed by atoms with van der Waals surface area (Å²) in [5.41, 5.74) is 8.24. The van der Waals surface area contributed by atoms with E-state index in [4.69, 9.17) is 17.3 Å². The van der Waals surface area contributed by atoms with Crippen LogP contribution in [0.2, 0.25) is 5.02 Å². The van der Waals surface area contributed by atoms with Crippen molar-refractivity contribution < 1.29 is 0 Å². The molecule has 0 aliphatic rings. The van der Waals surface area contributed by atoms with E-state index in [9.17, 15) is 4.79 Å². The molecule has 22 heavy (non-hydrogen) atoms. The second kappa shape index (κ2) is 5.99. The third kappa shape index (κ3) is 2.99. The fraction of sp³-hybridized carbons (Fsp3) is 0.0625. The Morgan fingerprint density at radius 1 is 1.09 bits per heavy atom. The molecule has 0 spiro atoms. The van der Waals surface area contributed by atoms with Gasteiger partial charge in [0, 0.05) is 22.7 Å². The van der Waals surface area contributed by atoms with E-state index in [1.807, 2.05) is 18.2 Å². The van der Waals surface area contributed by atoms with Crippen LogP contribution in [0.15, 0.2) is 53.3 Å². The van der Waals surface area contributed by atoms with Gasteiger partial charge in [0.1, 0.15) is 5.69 Å². The maximum atomic E-state index is 11.9. The highest BCUT2D eigenvalue weighted by atomic mass is 35.5. The molecule has 2 aromatic carbocycles. The van der Waals surface area contributed by atoms with Crippen molar-refractivity contribution in [2.45, 2.75) is 6.42 Å². The van der Waals surface area contributed by atoms with E-state index in [1.165, 1.54) is 0 Å². The number of anilines is 1. The van der Waals surface area contributed by atoms with Crippen molar-refractivity contribution in [1.29, 1.82) is 0 Å². The van der Waals surface area contributed by atoms with Gasteiger partial charge in [-0.05, 0) is 35.9 Å². The van der Waals surface area contributed by atoms with E-state index in [0.717, 1.165) is 11.1 Å². The highest BCUT2D eigenvalue weighted by Gasteiger charge is 2.09. The molecule has 0 bridgehead atoms. The summed E-state index contributed by atoms with van der Waals surface area (Å²) in [6.45, 7) is 0. The Hall–Kier alpha value is -2.66. The summed E-state index contributed by atoms with van der Waals surface area (Å²) >= 11 is 5.87. The Labute approximate surface area is 131 Å². The largest absolute Gasteiger partial charge is 0.398 e. The minimum atomic E-state index is -0.319. The number of benzene rings is 2. The zero-order valence-electron chi connectivity index (χ0n) is 11.6. The summed E-state index contributed by atoms with van der Waals surface area (Å²) in [7, 11) is 0. The highest BCUT2D eigenvalue weighted by Crippen LogP contribution is 2.18. The summed E-state index contributed by atoms with van der Waals surface area (Å²) < 4.78 is 0. The standard InChI is InChI=1S/C16H13ClN4O/c17-12-7-5-10(6-8-12)15-19-14(16(22)21-20-15)9-11-3-1-2-4-13(11)18/h1-8H,9,18H2,(H,21,22). The van der Waals surface area contributed by atoms with Crippen molar-refractivity contribution >= 4 is 17.3 Å². The van der Waals surface area contributed by atoms with Gasteiger partial charge in [-0.3, -0.25) is 4.79 Å². The molecule has 0 unspecified atom stereocenters. The second-order valence-electron chi connectivity index (χ2n) is 4.82. The molecule has 5 nitrogen and oxygen atoms in total. The minimum Gasteiger partial charge on any atom is -0.398 e. The first-order chi connectivity index (χ1) is 10.6. The van der Waals surface area contributed by atoms with E-state index in [1.54, 1.807) is 30.3 Å². The van der Waals surface area contributed by atoms with E-state index < -0.39 is 0 Å². The maximum absolute atomic E-state index is 11.9. The van der Waals surface area contributed by atoms with Gasteiger partial charge in [0.15, 0.2) is 5.82 Å². The van der Waals surface area contributed by atoms with Crippen molar-refractivity contribution in [2.75, 3.05) is 5.73 Å². The number of para-hydroxylation sites is 1. The van der Waals surface area contributed by atoms with Gasteiger partial charge in [-0.2, -0.15) is 5.10 Å². The first kappa shape index (κ1) is 14.3. The number of nitrogens with one attached hydrogen (secondary N) is 1. The Morgan fingerprint density at radius 2 is 1.82 bits per heavy atom. The fourth-order valence-corrected chi connectivity index (χ4v) is 2.22. The molecule has 0 fully saturated rings. The smallest absolute Gasteiger partial charge is 0.286 e. The predicted octanol–water partition coefficient (Wildman–Crippen LogP) is 2.66. The molecule has 0 saturated heterocycles. The summed E-state index contributed by atoms with van der Waals surface area (Å²) in [5, 5.41) is 7.09. The number of nitrogen functional groups attached to an aromatic ring is 1. The average Bonchev–Trinajstić information content (AvgIpc) is 2.52. The number of nitrogens with two attached hydrogens (primary N) is 1. The Balaban J connectivity index is 1.98. The normalized spacial score (nSPS) is 10.6. The average molecular weight is 313 g/mol. The highest BCUT2D eigenvalue weighted by molar-refractivity contribution is 6.30. The Kier molecular flexibility index (Phi) is 3.89. The van der Waals surface area contributed by atoms with E-state index >= 15 is 0 Å². The molecule has 6 heteroatoms. The van der Waals surface area contributed by atoms with Gasteiger partial charge >= 0.3 is 0 Å². The molecule has 3 aromatic rings. The monoisotopic (exact) mass is 312 g/mol. The van der Waals surface area contributed by atoms with Crippen molar-refractivity contribution in [3.05, 3.63) is 75.2 Å². The summed E-state index contributed by atoms with van der Waals surface area (Å²) in [6, 6.07) is 14.5. The first-order valence-corrected chi connectivity index (χ1v) is 7.06. The topological polar surface area (TPSA) is 84.7 Å². The summed E-state index contributed by atoms with van der Waals surface area (Å²) in [6.07, 6.45) is 0.352. The van der Waals surface area contributed by atoms with Gasteiger partial charge < -0.3 is 5.73 Å². The summed E-state index contributed by atoms with van der Waals surface area (Å²) in [5.74, 6) is 0.445. The zero-order chi connectivity index (χ0) is 15.5. The van der Waals surface area contributed by atoms with Gasteiger partial charge in [-0.1, -0.05) is 29.8 Å². The van der Waals surface area contributed by atoms with Crippen LogP contribution < -0.4 is 11.3 Å². The number of rotatable bonds is 3. The van der Waals surface area contributed by atoms with Gasteiger partial charge in [-0.25, -0.2) is 10.1 Å². The molecule has 110 valence electrons. The second-order valence-corrected chi connectivity index (χ2v) is 5.25. The fourth-order valence-electron chi connectivity index (χ4n) is 2.10. The van der Waals surface area contributed by atoms with Crippen LogP contribution in [-0.4, -0.2) is 15.2 Å². The van der Waals surface area contributed by atoms with Crippen molar-refractivity contribution in [3.63, 3.8) is 0 Å². The lowest BCUT2D eigenvalue weighted by Gasteiger charge is -2.06. The number of hydrogen-bond donors (Lipinski definition) is 2. The molecule has 0 atom stereocenters. The Morgan fingerprint density at radius 3 is 2.55 bits per heavy atom. The van der Waals surface area contributed by atoms with Crippen LogP contribution in [0.4, 0.5) is 5.69 Å². The molecule has 3 N–H and O–H groups in total. The van der Waals surface area contributed by atoms with Crippen molar-refractivity contribution in [1.82, 2.24) is 15.2 Å². The lowest BCUT2D eigenvalue weighted by Crippen LogP contribution is -2.18. The quantitative estimate of drug-likeness (QED) is 0.728. The van der Waals surface area contributed by atoms with Crippen LogP contribution in [0.5, 0.6) is 0 Å². The predicted molar refractivity (Wildman–Crippen MR) is 86.8 cm³/mol. The summed E-state index contributed by atoms with van der Waals surface area (Å²) in [4.78, 5) is 16.3. The number of nitrogens with zero attached hydrogens (tertiary/aromatic N) is 2. The van der Waals surface area contributed by atoms with E-state index in [2.05, 4.69) is 15.2 Å². The van der Waals surface area contributed by atoms with Gasteiger partial charge in [0.25, 0.3) is 5.56 Å². The third-order valence-corrected chi connectivity index (χ3v) is 3.53. The molecule has 1 heterocycles. The van der Waals surface area contributed by atoms with Gasteiger partial charge in [-0.15, -0.1) is 0 Å². The van der Waals surface area contributed by atoms with Crippen LogP contribution in [0.1, 0.15) is 11.3 Å². The lowest BCUT2D eigenvalue weighted by atomic mass is 10.1. The Bertz CT molecular complexity index is 859. The molecular weight excluding hydrogens is 300 g/mol. The number of hydrogen-bond acceptors (Lipinski definition) is 4.